The van der Waals surface area contributed by atoms with Gasteiger partial charge in [-0.3, -0.25) is 4.57 Å². The number of aromatic nitrogens is 3. The summed E-state index contributed by atoms with van der Waals surface area (Å²) in [5, 5.41) is 2.32. The molecule has 0 radical (unpaired) electrons. The van der Waals surface area contributed by atoms with Crippen molar-refractivity contribution in [2.24, 2.45) is 0 Å². The summed E-state index contributed by atoms with van der Waals surface area (Å²) in [6.07, 6.45) is 0. The summed E-state index contributed by atoms with van der Waals surface area (Å²) in [6.45, 7) is 7.24. The van der Waals surface area contributed by atoms with Gasteiger partial charge in [0, 0.05) is 21.9 Å². The topological polar surface area (TPSA) is 35.1 Å². The van der Waals surface area contributed by atoms with Gasteiger partial charge in [0.2, 0.25) is 5.95 Å². The number of rotatable bonds is 5. The molecule has 210 valence electrons. The van der Waals surface area contributed by atoms with Crippen LogP contribution in [0.15, 0.2) is 158 Å². The van der Waals surface area contributed by atoms with Crippen molar-refractivity contribution in [1.82, 2.24) is 14.5 Å². The van der Waals surface area contributed by atoms with Crippen LogP contribution in [0.3, 0.4) is 0 Å². The Morgan fingerprint density at radius 2 is 0.911 bits per heavy atom. The molecule has 2 heterocycles. The zero-order valence-electron chi connectivity index (χ0n) is 24.3. The van der Waals surface area contributed by atoms with E-state index in [2.05, 4.69) is 119 Å². The van der Waals surface area contributed by atoms with Gasteiger partial charge in [-0.05, 0) is 46.5 Å². The largest absolute Gasteiger partial charge is 0.278 e. The van der Waals surface area contributed by atoms with E-state index in [0.717, 1.165) is 55.4 Å². The minimum Gasteiger partial charge on any atom is -0.278 e. The first-order valence-corrected chi connectivity index (χ1v) is 14.9. The van der Waals surface area contributed by atoms with Crippen LogP contribution in [-0.2, 0) is 0 Å². The molecule has 8 aromatic rings. The molecule has 0 amide bonds. The maximum atomic E-state index is 7.24. The first-order valence-electron chi connectivity index (χ1n) is 14.9. The van der Waals surface area contributed by atoms with Gasteiger partial charge >= 0.3 is 0 Å². The number of nitrogens with zero attached hydrogens (tertiary/aromatic N) is 4. The van der Waals surface area contributed by atoms with Crippen molar-refractivity contribution in [3.8, 4) is 50.7 Å². The zero-order valence-corrected chi connectivity index (χ0v) is 24.3. The predicted octanol–water partition coefficient (Wildman–Crippen LogP) is 10.8. The highest BCUT2D eigenvalue weighted by Crippen LogP contribution is 2.36. The third-order valence-electron chi connectivity index (χ3n) is 8.27. The zero-order chi connectivity index (χ0) is 30.2. The van der Waals surface area contributed by atoms with Crippen molar-refractivity contribution in [3.05, 3.63) is 169 Å². The summed E-state index contributed by atoms with van der Waals surface area (Å²) in [7, 11) is 0. The number of para-hydroxylation sites is 1. The van der Waals surface area contributed by atoms with Gasteiger partial charge in [-0.1, -0.05) is 133 Å². The minimum atomic E-state index is 0.629. The van der Waals surface area contributed by atoms with E-state index in [-0.39, 0.29) is 0 Å². The van der Waals surface area contributed by atoms with Gasteiger partial charge in [0.1, 0.15) is 0 Å². The van der Waals surface area contributed by atoms with Crippen molar-refractivity contribution in [1.29, 1.82) is 0 Å². The van der Waals surface area contributed by atoms with Gasteiger partial charge in [0.25, 0.3) is 0 Å². The van der Waals surface area contributed by atoms with Gasteiger partial charge in [0.05, 0.1) is 29.0 Å². The summed E-state index contributed by atoms with van der Waals surface area (Å²) in [6, 6.07) is 54.1. The van der Waals surface area contributed by atoms with E-state index in [0.29, 0.717) is 11.6 Å². The molecule has 0 unspecified atom stereocenters. The molecule has 0 atom stereocenters. The standard InChI is InChI=1S/C41H26N4/c1-42-34-23-20-30(21-24-34)29-16-18-32(19-17-29)38-27-37(31-12-6-3-7-13-31)43-41(44-38)45-39-15-9-8-14-35(39)36-26-33(22-25-40(36)45)28-10-4-2-5-11-28/h2-27H. The first-order chi connectivity index (χ1) is 22.2. The lowest BCUT2D eigenvalue weighted by molar-refractivity contribution is 0.995. The van der Waals surface area contributed by atoms with Gasteiger partial charge in [0.15, 0.2) is 5.69 Å². The van der Waals surface area contributed by atoms with Gasteiger partial charge in [-0.15, -0.1) is 0 Å². The Morgan fingerprint density at radius 1 is 0.422 bits per heavy atom. The molecule has 0 fully saturated rings. The van der Waals surface area contributed by atoms with Crippen molar-refractivity contribution in [2.45, 2.75) is 0 Å². The second-order valence-electron chi connectivity index (χ2n) is 11.0. The highest BCUT2D eigenvalue weighted by Gasteiger charge is 2.17. The average Bonchev–Trinajstić information content (AvgIpc) is 3.46. The lowest BCUT2D eigenvalue weighted by Crippen LogP contribution is -2.04. The van der Waals surface area contributed by atoms with Crippen LogP contribution >= 0.6 is 0 Å². The molecule has 0 aliphatic carbocycles. The van der Waals surface area contributed by atoms with Crippen LogP contribution in [0.2, 0.25) is 0 Å². The Bertz CT molecular complexity index is 2350. The molecule has 0 bridgehead atoms. The Kier molecular flexibility index (Phi) is 6.48. The van der Waals surface area contributed by atoms with E-state index in [1.165, 1.54) is 11.1 Å². The Labute approximate surface area is 261 Å². The molecule has 0 saturated heterocycles. The van der Waals surface area contributed by atoms with E-state index < -0.39 is 0 Å². The third kappa shape index (κ3) is 4.83. The van der Waals surface area contributed by atoms with E-state index in [1.54, 1.807) is 0 Å². The average molecular weight is 575 g/mol. The normalized spacial score (nSPS) is 11.1. The van der Waals surface area contributed by atoms with Crippen molar-refractivity contribution in [2.75, 3.05) is 0 Å². The highest BCUT2D eigenvalue weighted by molar-refractivity contribution is 6.10. The second-order valence-corrected chi connectivity index (χ2v) is 11.0. The number of fused-ring (bicyclic) bond motifs is 3. The SMILES string of the molecule is [C-]#[N+]c1ccc(-c2ccc(-c3cc(-c4ccccc4)nc(-n4c5ccccc5c5cc(-c6ccccc6)ccc54)n3)cc2)cc1. The van der Waals surface area contributed by atoms with Crippen LogP contribution < -0.4 is 0 Å². The summed E-state index contributed by atoms with van der Waals surface area (Å²) in [5.74, 6) is 0.629. The van der Waals surface area contributed by atoms with Crippen LogP contribution in [0.25, 0.3) is 77.4 Å². The van der Waals surface area contributed by atoms with Crippen molar-refractivity contribution in [3.63, 3.8) is 0 Å². The molecule has 0 saturated carbocycles. The molecule has 0 spiro atoms. The Balaban J connectivity index is 1.30. The smallest absolute Gasteiger partial charge is 0.235 e. The van der Waals surface area contributed by atoms with Crippen molar-refractivity contribution < 1.29 is 0 Å². The summed E-state index contributed by atoms with van der Waals surface area (Å²) >= 11 is 0. The Hall–Kier alpha value is -6.31. The van der Waals surface area contributed by atoms with Crippen LogP contribution in [-0.4, -0.2) is 14.5 Å². The fourth-order valence-corrected chi connectivity index (χ4v) is 6.00. The molecule has 8 rings (SSSR count). The Morgan fingerprint density at radius 3 is 1.58 bits per heavy atom. The molecule has 4 nitrogen and oxygen atoms in total. The highest BCUT2D eigenvalue weighted by atomic mass is 15.2. The molecule has 0 aliphatic rings. The van der Waals surface area contributed by atoms with Crippen molar-refractivity contribution >= 4 is 27.5 Å². The summed E-state index contributed by atoms with van der Waals surface area (Å²) < 4.78 is 2.18. The molecule has 0 aliphatic heterocycles. The maximum Gasteiger partial charge on any atom is 0.235 e. The molecule has 0 N–H and O–H groups in total. The molecule has 45 heavy (non-hydrogen) atoms. The van der Waals surface area contributed by atoms with E-state index in [1.807, 2.05) is 48.5 Å². The molecule has 2 aromatic heterocycles. The van der Waals surface area contributed by atoms with Gasteiger partial charge < -0.3 is 0 Å². The van der Waals surface area contributed by atoms with Crippen LogP contribution in [0.1, 0.15) is 0 Å². The summed E-state index contributed by atoms with van der Waals surface area (Å²) in [4.78, 5) is 13.9. The quantitative estimate of drug-likeness (QED) is 0.192. The third-order valence-corrected chi connectivity index (χ3v) is 8.27. The lowest BCUT2D eigenvalue weighted by atomic mass is 10.0. The maximum absolute atomic E-state index is 7.24. The van der Waals surface area contributed by atoms with Crippen LogP contribution in [0, 0.1) is 6.57 Å². The fraction of sp³-hybridized carbons (Fsp3) is 0. The van der Waals surface area contributed by atoms with E-state index >= 15 is 0 Å². The van der Waals surface area contributed by atoms with E-state index in [4.69, 9.17) is 16.5 Å². The predicted molar refractivity (Wildman–Crippen MR) is 184 cm³/mol. The lowest BCUT2D eigenvalue weighted by Gasteiger charge is -2.12. The molecular formula is C41H26N4. The number of benzene rings is 6. The van der Waals surface area contributed by atoms with Gasteiger partial charge in [-0.2, -0.15) is 0 Å². The second kappa shape index (κ2) is 11.1. The van der Waals surface area contributed by atoms with Gasteiger partial charge in [-0.25, -0.2) is 14.8 Å². The summed E-state index contributed by atoms with van der Waals surface area (Å²) in [5.41, 5.74) is 11.0. The van der Waals surface area contributed by atoms with Crippen LogP contribution in [0.4, 0.5) is 5.69 Å². The monoisotopic (exact) mass is 574 g/mol. The molecular weight excluding hydrogens is 548 g/mol. The molecule has 6 aromatic carbocycles. The fourth-order valence-electron chi connectivity index (χ4n) is 6.00. The number of hydrogen-bond donors (Lipinski definition) is 0. The number of hydrogen-bond acceptors (Lipinski definition) is 2. The van der Waals surface area contributed by atoms with Crippen LogP contribution in [0.5, 0.6) is 0 Å². The minimum absolute atomic E-state index is 0.629. The molecule has 4 heteroatoms. The van der Waals surface area contributed by atoms with E-state index in [9.17, 15) is 0 Å². The first kappa shape index (κ1) is 26.3.